The Balaban J connectivity index is 1.50. The minimum Gasteiger partial charge on any atom is -0.497 e. The lowest BCUT2D eigenvalue weighted by atomic mass is 10.1. The Hall–Kier alpha value is -2.47. The van der Waals surface area contributed by atoms with Gasteiger partial charge < -0.3 is 14.6 Å². The summed E-state index contributed by atoms with van der Waals surface area (Å²) in [6.45, 7) is 4.33. The molecule has 6 heteroatoms. The van der Waals surface area contributed by atoms with Gasteiger partial charge in [0.05, 0.1) is 18.6 Å². The molecule has 1 N–H and O–H groups in total. The van der Waals surface area contributed by atoms with Crippen LogP contribution in [0.1, 0.15) is 22.6 Å². The minimum atomic E-state index is 0.0246. The van der Waals surface area contributed by atoms with Gasteiger partial charge in [0.2, 0.25) is 5.91 Å². The summed E-state index contributed by atoms with van der Waals surface area (Å²) in [5, 5.41) is 9.15. The Bertz CT molecular complexity index is 901. The van der Waals surface area contributed by atoms with Gasteiger partial charge >= 0.3 is 0 Å². The third-order valence-corrected chi connectivity index (χ3v) is 5.22. The summed E-state index contributed by atoms with van der Waals surface area (Å²) in [5.41, 5.74) is 3.04. The van der Waals surface area contributed by atoms with Crippen molar-refractivity contribution in [3.05, 3.63) is 59.0 Å². The average Bonchev–Trinajstić information content (AvgIpc) is 2.97. The molecule has 1 amide bonds. The van der Waals surface area contributed by atoms with E-state index < -0.39 is 0 Å². The van der Waals surface area contributed by atoms with Crippen molar-refractivity contribution in [2.24, 2.45) is 0 Å². The molecular formula is C20H22N2O3S. The molecule has 26 heavy (non-hydrogen) atoms. The number of carbonyl (C=O) groups excluding carboxylic acids is 1. The number of fused-ring (bicyclic) bond motifs is 1. The Kier molecular flexibility index (Phi) is 5.83. The summed E-state index contributed by atoms with van der Waals surface area (Å²) in [6.07, 6.45) is 0. The highest BCUT2D eigenvalue weighted by molar-refractivity contribution is 7.99. The fourth-order valence-electron chi connectivity index (χ4n) is 2.72. The number of carbonyl (C=O) groups is 1. The maximum atomic E-state index is 12.1. The second-order valence-corrected chi connectivity index (χ2v) is 7.11. The largest absolute Gasteiger partial charge is 0.497 e. The van der Waals surface area contributed by atoms with Gasteiger partial charge in [0, 0.05) is 17.9 Å². The molecule has 5 nitrogen and oxygen atoms in total. The third-order valence-electron chi connectivity index (χ3n) is 4.26. The molecule has 3 rings (SSSR count). The monoisotopic (exact) mass is 370 g/mol. The van der Waals surface area contributed by atoms with E-state index >= 15 is 0 Å². The third kappa shape index (κ3) is 4.38. The quantitative estimate of drug-likeness (QED) is 0.681. The highest BCUT2D eigenvalue weighted by atomic mass is 32.2. The van der Waals surface area contributed by atoms with E-state index in [0.717, 1.165) is 44.9 Å². The van der Waals surface area contributed by atoms with Crippen LogP contribution in [-0.4, -0.2) is 23.9 Å². The number of ether oxygens (including phenoxy) is 1. The summed E-state index contributed by atoms with van der Waals surface area (Å²) < 4.78 is 10.4. The molecular weight excluding hydrogens is 348 g/mol. The number of nitrogens with one attached hydrogen (secondary N) is 1. The number of hydrogen-bond acceptors (Lipinski definition) is 5. The first-order valence-corrected chi connectivity index (χ1v) is 9.55. The number of methoxy groups -OCH3 is 1. The predicted octanol–water partition coefficient (Wildman–Crippen LogP) is 4.00. The van der Waals surface area contributed by atoms with Crippen molar-refractivity contribution < 1.29 is 14.1 Å². The number of hydrogen-bond donors (Lipinski definition) is 1. The van der Waals surface area contributed by atoms with Crippen molar-refractivity contribution in [3.8, 4) is 5.75 Å². The van der Waals surface area contributed by atoms with Gasteiger partial charge in [0.15, 0.2) is 0 Å². The summed E-state index contributed by atoms with van der Waals surface area (Å²) in [6, 6.07) is 12.1. The fourth-order valence-corrected chi connectivity index (χ4v) is 3.72. The van der Waals surface area contributed by atoms with Gasteiger partial charge in [0.25, 0.3) is 0 Å². The van der Waals surface area contributed by atoms with Gasteiger partial charge in [0.1, 0.15) is 11.5 Å². The molecule has 3 aromatic rings. The van der Waals surface area contributed by atoms with E-state index in [9.17, 15) is 4.79 Å². The number of thioether (sulfide) groups is 1. The highest BCUT2D eigenvalue weighted by Crippen LogP contribution is 2.22. The van der Waals surface area contributed by atoms with Crippen LogP contribution in [-0.2, 0) is 17.1 Å². The topological polar surface area (TPSA) is 64.4 Å². The molecule has 1 heterocycles. The van der Waals surface area contributed by atoms with Crippen LogP contribution in [0, 0.1) is 13.8 Å². The van der Waals surface area contributed by atoms with Crippen molar-refractivity contribution in [2.45, 2.75) is 26.1 Å². The van der Waals surface area contributed by atoms with Crippen molar-refractivity contribution in [2.75, 3.05) is 12.9 Å². The van der Waals surface area contributed by atoms with Crippen LogP contribution in [0.2, 0.25) is 0 Å². The SMILES string of the molecule is COc1ccc2cc(CNC(=O)CSCc3c(C)noc3C)ccc2c1. The minimum absolute atomic E-state index is 0.0246. The van der Waals surface area contributed by atoms with E-state index in [0.29, 0.717) is 12.3 Å². The van der Waals surface area contributed by atoms with Crippen molar-refractivity contribution in [3.63, 3.8) is 0 Å². The van der Waals surface area contributed by atoms with E-state index in [1.165, 1.54) is 0 Å². The number of amides is 1. The van der Waals surface area contributed by atoms with Crippen LogP contribution >= 0.6 is 11.8 Å². The van der Waals surface area contributed by atoms with E-state index in [1.54, 1.807) is 18.9 Å². The van der Waals surface area contributed by atoms with Crippen molar-refractivity contribution in [1.29, 1.82) is 0 Å². The van der Waals surface area contributed by atoms with Crippen molar-refractivity contribution in [1.82, 2.24) is 10.5 Å². The first kappa shape index (κ1) is 18.3. The predicted molar refractivity (Wildman–Crippen MR) is 104 cm³/mol. The maximum absolute atomic E-state index is 12.1. The number of nitrogens with zero attached hydrogens (tertiary/aromatic N) is 1. The van der Waals surface area contributed by atoms with Crippen LogP contribution in [0.4, 0.5) is 0 Å². The van der Waals surface area contributed by atoms with Gasteiger partial charge in [-0.2, -0.15) is 0 Å². The highest BCUT2D eigenvalue weighted by Gasteiger charge is 2.10. The second kappa shape index (κ2) is 8.27. The first-order chi connectivity index (χ1) is 12.6. The summed E-state index contributed by atoms with van der Waals surface area (Å²) in [4.78, 5) is 12.1. The fraction of sp³-hybridized carbons (Fsp3) is 0.300. The van der Waals surface area contributed by atoms with E-state index in [1.807, 2.05) is 44.2 Å². The summed E-state index contributed by atoms with van der Waals surface area (Å²) in [7, 11) is 1.66. The molecule has 0 aliphatic heterocycles. The number of benzene rings is 2. The maximum Gasteiger partial charge on any atom is 0.230 e. The molecule has 1 aromatic heterocycles. The smallest absolute Gasteiger partial charge is 0.230 e. The second-order valence-electron chi connectivity index (χ2n) is 6.12. The molecule has 136 valence electrons. The molecule has 0 spiro atoms. The van der Waals surface area contributed by atoms with Gasteiger partial charge in [-0.3, -0.25) is 4.79 Å². The Labute approximate surface area is 157 Å². The Morgan fingerprint density at radius 3 is 2.69 bits per heavy atom. The zero-order chi connectivity index (χ0) is 18.5. The molecule has 0 unspecified atom stereocenters. The van der Waals surface area contributed by atoms with Crippen LogP contribution in [0.15, 0.2) is 40.9 Å². The molecule has 0 fully saturated rings. The molecule has 0 saturated heterocycles. The van der Waals surface area contributed by atoms with Crippen LogP contribution in [0.3, 0.4) is 0 Å². The lowest BCUT2D eigenvalue weighted by Crippen LogP contribution is -2.24. The van der Waals surface area contributed by atoms with Crippen LogP contribution < -0.4 is 10.1 Å². The Morgan fingerprint density at radius 2 is 1.96 bits per heavy atom. The van der Waals surface area contributed by atoms with Gasteiger partial charge in [-0.1, -0.05) is 23.4 Å². The molecule has 0 bridgehead atoms. The number of aryl methyl sites for hydroxylation is 2. The zero-order valence-electron chi connectivity index (χ0n) is 15.2. The number of aromatic nitrogens is 1. The summed E-state index contributed by atoms with van der Waals surface area (Å²) in [5.74, 6) is 2.83. The molecule has 0 atom stereocenters. The molecule has 0 radical (unpaired) electrons. The molecule has 0 aliphatic rings. The molecule has 2 aromatic carbocycles. The van der Waals surface area contributed by atoms with Gasteiger partial charge in [-0.05, 0) is 48.4 Å². The van der Waals surface area contributed by atoms with E-state index in [2.05, 4.69) is 16.5 Å². The zero-order valence-corrected chi connectivity index (χ0v) is 16.0. The average molecular weight is 370 g/mol. The first-order valence-electron chi connectivity index (χ1n) is 8.39. The lowest BCUT2D eigenvalue weighted by molar-refractivity contribution is -0.118. The lowest BCUT2D eigenvalue weighted by Gasteiger charge is -2.08. The Morgan fingerprint density at radius 1 is 1.19 bits per heavy atom. The standard InChI is InChI=1S/C20H22N2O3S/c1-13-19(14(2)25-22-13)11-26-12-20(23)21-10-15-4-5-17-9-18(24-3)7-6-16(17)8-15/h4-9H,10-12H2,1-3H3,(H,21,23). The van der Waals surface area contributed by atoms with E-state index in [-0.39, 0.29) is 5.91 Å². The summed E-state index contributed by atoms with van der Waals surface area (Å²) >= 11 is 1.56. The van der Waals surface area contributed by atoms with E-state index in [4.69, 9.17) is 9.26 Å². The van der Waals surface area contributed by atoms with Crippen LogP contribution in [0.25, 0.3) is 10.8 Å². The number of rotatable bonds is 7. The van der Waals surface area contributed by atoms with Crippen LogP contribution in [0.5, 0.6) is 5.75 Å². The van der Waals surface area contributed by atoms with Crippen molar-refractivity contribution >= 4 is 28.4 Å². The molecule has 0 saturated carbocycles. The van der Waals surface area contributed by atoms with Gasteiger partial charge in [-0.25, -0.2) is 0 Å². The normalized spacial score (nSPS) is 10.9. The van der Waals surface area contributed by atoms with Gasteiger partial charge in [-0.15, -0.1) is 11.8 Å². The molecule has 0 aliphatic carbocycles.